The molecular formula is C18H25N5. The van der Waals surface area contributed by atoms with Crippen molar-refractivity contribution in [3.63, 3.8) is 0 Å². The van der Waals surface area contributed by atoms with Gasteiger partial charge in [-0.25, -0.2) is 4.98 Å². The third kappa shape index (κ3) is 3.79. The van der Waals surface area contributed by atoms with Gasteiger partial charge in [-0.1, -0.05) is 30.3 Å². The number of likely N-dealkylation sites (N-methyl/N-ethyl adjacent to an activating group) is 1. The highest BCUT2D eigenvalue weighted by Gasteiger charge is 2.27. The minimum atomic E-state index is 0.469. The molecule has 2 aromatic rings. The first kappa shape index (κ1) is 15.7. The van der Waals surface area contributed by atoms with Gasteiger partial charge in [0.25, 0.3) is 0 Å². The first-order valence-corrected chi connectivity index (χ1v) is 8.13. The van der Waals surface area contributed by atoms with E-state index in [1.165, 1.54) is 5.56 Å². The summed E-state index contributed by atoms with van der Waals surface area (Å²) in [5.74, 6) is 1.75. The van der Waals surface area contributed by atoms with E-state index >= 15 is 0 Å². The van der Waals surface area contributed by atoms with Gasteiger partial charge in [0, 0.05) is 53.0 Å². The van der Waals surface area contributed by atoms with Crippen LogP contribution in [0.25, 0.3) is 0 Å². The van der Waals surface area contributed by atoms with Crippen LogP contribution in [-0.2, 0) is 6.54 Å². The first-order chi connectivity index (χ1) is 11.1. The zero-order chi connectivity index (χ0) is 16.2. The monoisotopic (exact) mass is 311 g/mol. The van der Waals surface area contributed by atoms with Gasteiger partial charge in [0.05, 0.1) is 0 Å². The molecule has 122 valence electrons. The maximum Gasteiger partial charge on any atom is 0.227 e. The van der Waals surface area contributed by atoms with Gasteiger partial charge in [0.2, 0.25) is 5.95 Å². The van der Waals surface area contributed by atoms with E-state index in [1.807, 2.05) is 31.3 Å². The lowest BCUT2D eigenvalue weighted by molar-refractivity contribution is 0.325. The van der Waals surface area contributed by atoms with Crippen molar-refractivity contribution in [3.8, 4) is 0 Å². The van der Waals surface area contributed by atoms with E-state index in [1.54, 1.807) is 0 Å². The zero-order valence-corrected chi connectivity index (χ0v) is 14.2. The molecule has 1 atom stereocenters. The van der Waals surface area contributed by atoms with Crippen LogP contribution in [0.4, 0.5) is 11.8 Å². The van der Waals surface area contributed by atoms with Gasteiger partial charge >= 0.3 is 0 Å². The van der Waals surface area contributed by atoms with Gasteiger partial charge in [-0.05, 0) is 18.1 Å². The Labute approximate surface area is 138 Å². The van der Waals surface area contributed by atoms with Crippen LogP contribution in [0.5, 0.6) is 0 Å². The summed E-state index contributed by atoms with van der Waals surface area (Å²) in [5, 5.41) is 0. The largest absolute Gasteiger partial charge is 0.363 e. The van der Waals surface area contributed by atoms with Crippen molar-refractivity contribution in [2.45, 2.75) is 19.0 Å². The van der Waals surface area contributed by atoms with E-state index in [2.05, 4.69) is 57.1 Å². The summed E-state index contributed by atoms with van der Waals surface area (Å²) in [4.78, 5) is 15.8. The number of hydrogen-bond acceptors (Lipinski definition) is 5. The average Bonchev–Trinajstić information content (AvgIpc) is 3.03. The number of benzene rings is 1. The molecular weight excluding hydrogens is 286 g/mol. The molecule has 5 nitrogen and oxygen atoms in total. The second-order valence-corrected chi connectivity index (χ2v) is 6.38. The van der Waals surface area contributed by atoms with Crippen LogP contribution in [-0.4, -0.2) is 55.1 Å². The van der Waals surface area contributed by atoms with E-state index in [4.69, 9.17) is 0 Å². The van der Waals surface area contributed by atoms with E-state index in [-0.39, 0.29) is 0 Å². The Hall–Kier alpha value is -2.14. The maximum absolute atomic E-state index is 4.65. The molecule has 1 aromatic carbocycles. The van der Waals surface area contributed by atoms with Crippen molar-refractivity contribution in [1.29, 1.82) is 0 Å². The van der Waals surface area contributed by atoms with Crippen molar-refractivity contribution < 1.29 is 0 Å². The number of nitrogens with zero attached hydrogens (tertiary/aromatic N) is 5. The summed E-state index contributed by atoms with van der Waals surface area (Å²) >= 11 is 0. The van der Waals surface area contributed by atoms with Crippen LogP contribution in [0.1, 0.15) is 12.0 Å². The van der Waals surface area contributed by atoms with Gasteiger partial charge in [-0.2, -0.15) is 4.98 Å². The smallest absolute Gasteiger partial charge is 0.227 e. The van der Waals surface area contributed by atoms with Gasteiger partial charge in [-0.3, -0.25) is 4.90 Å². The number of aromatic nitrogens is 2. The molecule has 23 heavy (non-hydrogen) atoms. The lowest BCUT2D eigenvalue weighted by Gasteiger charge is -2.25. The molecule has 1 saturated heterocycles. The van der Waals surface area contributed by atoms with Crippen molar-refractivity contribution in [2.24, 2.45) is 0 Å². The normalized spacial score (nSPS) is 18.1. The highest BCUT2D eigenvalue weighted by Crippen LogP contribution is 2.21. The van der Waals surface area contributed by atoms with Gasteiger partial charge in [0.1, 0.15) is 5.82 Å². The molecule has 1 fully saturated rings. The predicted molar refractivity (Wildman–Crippen MR) is 94.9 cm³/mol. The Morgan fingerprint density at radius 1 is 1.13 bits per heavy atom. The summed E-state index contributed by atoms with van der Waals surface area (Å²) in [7, 11) is 6.11. The van der Waals surface area contributed by atoms with Crippen molar-refractivity contribution in [3.05, 3.63) is 48.2 Å². The highest BCUT2D eigenvalue weighted by molar-refractivity contribution is 5.42. The lowest BCUT2D eigenvalue weighted by atomic mass is 10.2. The maximum atomic E-state index is 4.65. The van der Waals surface area contributed by atoms with Crippen LogP contribution in [0.15, 0.2) is 42.6 Å². The van der Waals surface area contributed by atoms with Crippen molar-refractivity contribution >= 4 is 11.8 Å². The highest BCUT2D eigenvalue weighted by atomic mass is 15.3. The summed E-state index contributed by atoms with van der Waals surface area (Å²) in [6, 6.07) is 13.1. The molecule has 1 unspecified atom stereocenters. The Bertz CT molecular complexity index is 628. The minimum Gasteiger partial charge on any atom is -0.363 e. The predicted octanol–water partition coefficient (Wildman–Crippen LogP) is 2.25. The topological polar surface area (TPSA) is 35.5 Å². The molecule has 0 amide bonds. The van der Waals surface area contributed by atoms with Crippen molar-refractivity contribution in [1.82, 2.24) is 14.9 Å². The van der Waals surface area contributed by atoms with Gasteiger partial charge < -0.3 is 9.80 Å². The summed E-state index contributed by atoms with van der Waals surface area (Å²) < 4.78 is 0. The molecule has 0 radical (unpaired) electrons. The fourth-order valence-electron chi connectivity index (χ4n) is 3.04. The van der Waals surface area contributed by atoms with Crippen LogP contribution in [0.2, 0.25) is 0 Å². The van der Waals surface area contributed by atoms with Crippen LogP contribution in [0, 0.1) is 0 Å². The van der Waals surface area contributed by atoms with Gasteiger partial charge in [-0.15, -0.1) is 0 Å². The number of hydrogen-bond donors (Lipinski definition) is 0. The summed E-state index contributed by atoms with van der Waals surface area (Å²) in [6.45, 7) is 3.20. The summed E-state index contributed by atoms with van der Waals surface area (Å²) in [6.07, 6.45) is 2.99. The average molecular weight is 311 g/mol. The third-order valence-corrected chi connectivity index (χ3v) is 4.45. The fraction of sp³-hybridized carbons (Fsp3) is 0.444. The van der Waals surface area contributed by atoms with Gasteiger partial charge in [0.15, 0.2) is 0 Å². The summed E-state index contributed by atoms with van der Waals surface area (Å²) in [5.41, 5.74) is 1.38. The second kappa shape index (κ2) is 6.96. The van der Waals surface area contributed by atoms with Crippen LogP contribution < -0.4 is 9.80 Å². The Morgan fingerprint density at radius 2 is 1.91 bits per heavy atom. The molecule has 1 aliphatic rings. The Morgan fingerprint density at radius 3 is 2.65 bits per heavy atom. The molecule has 0 bridgehead atoms. The Balaban J connectivity index is 1.63. The van der Waals surface area contributed by atoms with E-state index < -0.39 is 0 Å². The van der Waals surface area contributed by atoms with Crippen LogP contribution in [0.3, 0.4) is 0 Å². The zero-order valence-electron chi connectivity index (χ0n) is 14.2. The van der Waals surface area contributed by atoms with E-state index in [9.17, 15) is 0 Å². The van der Waals surface area contributed by atoms with E-state index in [0.717, 1.165) is 37.8 Å². The molecule has 0 N–H and O–H groups in total. The molecule has 1 aliphatic heterocycles. The van der Waals surface area contributed by atoms with E-state index in [0.29, 0.717) is 6.04 Å². The second-order valence-electron chi connectivity index (χ2n) is 6.38. The standard InChI is InChI=1S/C18H25N5/c1-21(2)17-9-11-19-18(20-17)22(3)16-10-12-23(14-16)13-15-7-5-4-6-8-15/h4-9,11,16H,10,12-14H2,1-3H3. The number of likely N-dealkylation sites (tertiary alicyclic amines) is 1. The molecule has 2 heterocycles. The number of anilines is 2. The first-order valence-electron chi connectivity index (χ1n) is 8.13. The molecule has 3 rings (SSSR count). The van der Waals surface area contributed by atoms with Crippen LogP contribution >= 0.6 is 0 Å². The number of rotatable bonds is 5. The SMILES string of the molecule is CN(C)c1ccnc(N(C)C2CCN(Cc3ccccc3)C2)n1. The third-order valence-electron chi connectivity index (χ3n) is 4.45. The molecule has 0 spiro atoms. The Kier molecular flexibility index (Phi) is 4.76. The van der Waals surface area contributed by atoms with Crippen molar-refractivity contribution in [2.75, 3.05) is 44.0 Å². The molecule has 1 aromatic heterocycles. The molecule has 0 saturated carbocycles. The lowest BCUT2D eigenvalue weighted by Crippen LogP contribution is -2.35. The quantitative estimate of drug-likeness (QED) is 0.846. The molecule has 5 heteroatoms. The molecule has 0 aliphatic carbocycles. The fourth-order valence-corrected chi connectivity index (χ4v) is 3.04. The minimum absolute atomic E-state index is 0.469.